The first kappa shape index (κ1) is 19.7. The summed E-state index contributed by atoms with van der Waals surface area (Å²) in [6.45, 7) is 1.89. The first-order valence-electron chi connectivity index (χ1n) is 9.47. The molecule has 152 valence electrons. The fourth-order valence-corrected chi connectivity index (χ4v) is 5.75. The van der Waals surface area contributed by atoms with E-state index in [0.29, 0.717) is 16.3 Å². The van der Waals surface area contributed by atoms with Crippen LogP contribution in [0.25, 0.3) is 10.2 Å². The third-order valence-corrected chi connectivity index (χ3v) is 7.31. The Labute approximate surface area is 173 Å². The van der Waals surface area contributed by atoms with Gasteiger partial charge in [-0.3, -0.25) is 4.72 Å². The Bertz CT molecular complexity index is 1140. The molecule has 1 fully saturated rings. The monoisotopic (exact) mass is 430 g/mol. The predicted octanol–water partition coefficient (Wildman–Crippen LogP) is 4.47. The Morgan fingerprint density at radius 2 is 1.86 bits per heavy atom. The zero-order chi connectivity index (χ0) is 20.4. The number of aromatic nitrogens is 1. The molecule has 1 aliphatic rings. The van der Waals surface area contributed by atoms with Gasteiger partial charge in [0.15, 0.2) is 5.13 Å². The molecule has 1 aromatic heterocycles. The summed E-state index contributed by atoms with van der Waals surface area (Å²) >= 11 is 1.23. The lowest BCUT2D eigenvalue weighted by Gasteiger charge is -2.13. The number of sulfonamides is 1. The number of urea groups is 1. The van der Waals surface area contributed by atoms with E-state index in [9.17, 15) is 13.2 Å². The number of carbonyl (C=O) groups is 1. The third-order valence-electron chi connectivity index (χ3n) is 4.91. The molecule has 0 unspecified atom stereocenters. The first-order valence-corrected chi connectivity index (χ1v) is 11.8. The van der Waals surface area contributed by atoms with Crippen LogP contribution in [0.2, 0.25) is 0 Å². The highest BCUT2D eigenvalue weighted by atomic mass is 32.2. The van der Waals surface area contributed by atoms with Gasteiger partial charge in [-0.2, -0.15) is 0 Å². The number of aryl methyl sites for hydroxylation is 1. The molecule has 3 aromatic rings. The number of carbonyl (C=O) groups excluding carboxylic acids is 1. The van der Waals surface area contributed by atoms with E-state index in [1.165, 1.54) is 23.5 Å². The number of hydrogen-bond donors (Lipinski definition) is 3. The summed E-state index contributed by atoms with van der Waals surface area (Å²) in [6, 6.07) is 11.8. The second kappa shape index (κ2) is 8.00. The van der Waals surface area contributed by atoms with Gasteiger partial charge in [0.25, 0.3) is 10.0 Å². The summed E-state index contributed by atoms with van der Waals surface area (Å²) in [6.07, 6.45) is 4.34. The molecule has 9 heteroatoms. The molecule has 0 bridgehead atoms. The van der Waals surface area contributed by atoms with E-state index < -0.39 is 10.0 Å². The number of nitrogens with one attached hydrogen (secondary N) is 3. The Kier molecular flexibility index (Phi) is 5.42. The predicted molar refractivity (Wildman–Crippen MR) is 116 cm³/mol. The van der Waals surface area contributed by atoms with Crippen molar-refractivity contribution in [2.75, 3.05) is 10.0 Å². The number of anilines is 2. The van der Waals surface area contributed by atoms with Crippen molar-refractivity contribution >= 4 is 48.4 Å². The van der Waals surface area contributed by atoms with Gasteiger partial charge in [0.05, 0.1) is 15.1 Å². The minimum Gasteiger partial charge on any atom is -0.335 e. The SMILES string of the molecule is Cc1cc(NC(=O)NC2CCCC2)cc2sc(NS(=O)(=O)c3ccccc3)nc12. The van der Waals surface area contributed by atoms with Gasteiger partial charge in [-0.1, -0.05) is 42.4 Å². The number of hydrogen-bond acceptors (Lipinski definition) is 5. The Morgan fingerprint density at radius 3 is 2.59 bits per heavy atom. The fourth-order valence-electron chi connectivity index (χ4n) is 3.51. The summed E-state index contributed by atoms with van der Waals surface area (Å²) < 4.78 is 28.4. The van der Waals surface area contributed by atoms with E-state index in [1.807, 2.05) is 19.1 Å². The minimum absolute atomic E-state index is 0.182. The average molecular weight is 431 g/mol. The summed E-state index contributed by atoms with van der Waals surface area (Å²) in [5, 5.41) is 6.16. The van der Waals surface area contributed by atoms with Gasteiger partial charge in [0.2, 0.25) is 0 Å². The lowest BCUT2D eigenvalue weighted by atomic mass is 10.2. The molecule has 0 atom stereocenters. The van der Waals surface area contributed by atoms with Crippen LogP contribution in [-0.4, -0.2) is 25.5 Å². The van der Waals surface area contributed by atoms with Gasteiger partial charge in [0, 0.05) is 11.7 Å². The van der Waals surface area contributed by atoms with E-state index in [1.54, 1.807) is 18.2 Å². The van der Waals surface area contributed by atoms with Crippen molar-refractivity contribution in [2.24, 2.45) is 0 Å². The van der Waals surface area contributed by atoms with Crippen molar-refractivity contribution in [1.29, 1.82) is 0 Å². The van der Waals surface area contributed by atoms with Crippen LogP contribution in [0.1, 0.15) is 31.2 Å². The van der Waals surface area contributed by atoms with Gasteiger partial charge in [-0.25, -0.2) is 18.2 Å². The van der Waals surface area contributed by atoms with Crippen molar-refractivity contribution < 1.29 is 13.2 Å². The summed E-state index contributed by atoms with van der Waals surface area (Å²) in [7, 11) is -3.70. The lowest BCUT2D eigenvalue weighted by Crippen LogP contribution is -2.36. The largest absolute Gasteiger partial charge is 0.335 e. The van der Waals surface area contributed by atoms with Gasteiger partial charge < -0.3 is 10.6 Å². The normalized spacial score (nSPS) is 14.8. The van der Waals surface area contributed by atoms with Crippen LogP contribution in [0.5, 0.6) is 0 Å². The number of nitrogens with zero attached hydrogens (tertiary/aromatic N) is 1. The Hall–Kier alpha value is -2.65. The lowest BCUT2D eigenvalue weighted by molar-refractivity contribution is 0.248. The smallest absolute Gasteiger partial charge is 0.319 e. The maximum atomic E-state index is 12.5. The molecule has 1 heterocycles. The van der Waals surface area contributed by atoms with Crippen molar-refractivity contribution in [3.05, 3.63) is 48.0 Å². The van der Waals surface area contributed by atoms with Gasteiger partial charge >= 0.3 is 6.03 Å². The molecule has 1 aliphatic carbocycles. The number of thiazole rings is 1. The third kappa shape index (κ3) is 4.51. The first-order chi connectivity index (χ1) is 13.9. The van der Waals surface area contributed by atoms with Crippen molar-refractivity contribution in [3.8, 4) is 0 Å². The van der Waals surface area contributed by atoms with Crippen LogP contribution in [0, 0.1) is 6.92 Å². The molecule has 0 saturated heterocycles. The van der Waals surface area contributed by atoms with Crippen molar-refractivity contribution in [3.63, 3.8) is 0 Å². The maximum absolute atomic E-state index is 12.5. The van der Waals surface area contributed by atoms with Crippen LogP contribution < -0.4 is 15.4 Å². The number of fused-ring (bicyclic) bond motifs is 1. The van der Waals surface area contributed by atoms with E-state index in [0.717, 1.165) is 35.9 Å². The maximum Gasteiger partial charge on any atom is 0.319 e. The molecule has 0 aliphatic heterocycles. The van der Waals surface area contributed by atoms with E-state index in [2.05, 4.69) is 20.3 Å². The zero-order valence-electron chi connectivity index (χ0n) is 15.9. The average Bonchev–Trinajstić information content (AvgIpc) is 3.31. The Morgan fingerprint density at radius 1 is 1.14 bits per heavy atom. The molecule has 7 nitrogen and oxygen atoms in total. The highest BCUT2D eigenvalue weighted by molar-refractivity contribution is 7.93. The molecule has 0 radical (unpaired) electrons. The molecule has 4 rings (SSSR count). The highest BCUT2D eigenvalue weighted by Crippen LogP contribution is 2.32. The fraction of sp³-hybridized carbons (Fsp3) is 0.300. The quantitative estimate of drug-likeness (QED) is 0.556. The highest BCUT2D eigenvalue weighted by Gasteiger charge is 2.19. The molecule has 29 heavy (non-hydrogen) atoms. The minimum atomic E-state index is -3.70. The van der Waals surface area contributed by atoms with Crippen LogP contribution in [0.3, 0.4) is 0 Å². The van der Waals surface area contributed by atoms with Crippen LogP contribution in [0.4, 0.5) is 15.6 Å². The van der Waals surface area contributed by atoms with Crippen LogP contribution in [-0.2, 0) is 10.0 Å². The number of rotatable bonds is 5. The number of amides is 2. The van der Waals surface area contributed by atoms with Crippen molar-refractivity contribution in [1.82, 2.24) is 10.3 Å². The van der Waals surface area contributed by atoms with E-state index in [4.69, 9.17) is 0 Å². The molecule has 0 spiro atoms. The topological polar surface area (TPSA) is 100 Å². The van der Waals surface area contributed by atoms with E-state index >= 15 is 0 Å². The second-order valence-corrected chi connectivity index (χ2v) is 9.87. The standard InChI is InChI=1S/C20H22N4O3S2/c1-13-11-15(22-19(25)21-14-7-5-6-8-14)12-17-18(13)23-20(28-17)24-29(26,27)16-9-3-2-4-10-16/h2-4,9-12,14H,5-8H2,1H3,(H,23,24)(H2,21,22,25). The summed E-state index contributed by atoms with van der Waals surface area (Å²) in [4.78, 5) is 16.8. The van der Waals surface area contributed by atoms with E-state index in [-0.39, 0.29) is 17.0 Å². The molecule has 2 amide bonds. The molecule has 2 aromatic carbocycles. The zero-order valence-corrected chi connectivity index (χ0v) is 17.6. The van der Waals surface area contributed by atoms with Crippen LogP contribution in [0.15, 0.2) is 47.4 Å². The summed E-state index contributed by atoms with van der Waals surface area (Å²) in [5.74, 6) is 0. The van der Waals surface area contributed by atoms with Gasteiger partial charge in [-0.15, -0.1) is 0 Å². The van der Waals surface area contributed by atoms with Gasteiger partial charge in [-0.05, 0) is 49.6 Å². The second-order valence-electron chi connectivity index (χ2n) is 7.16. The Balaban J connectivity index is 1.53. The van der Waals surface area contributed by atoms with Crippen LogP contribution >= 0.6 is 11.3 Å². The number of benzene rings is 2. The molecule has 1 saturated carbocycles. The summed E-state index contributed by atoms with van der Waals surface area (Å²) in [5.41, 5.74) is 2.23. The molecular formula is C20H22N4O3S2. The molecule has 3 N–H and O–H groups in total. The molecular weight excluding hydrogens is 408 g/mol. The van der Waals surface area contributed by atoms with Gasteiger partial charge in [0.1, 0.15) is 0 Å². The van der Waals surface area contributed by atoms with Crippen molar-refractivity contribution in [2.45, 2.75) is 43.5 Å².